The van der Waals surface area contributed by atoms with Gasteiger partial charge in [0.1, 0.15) is 6.04 Å². The van der Waals surface area contributed by atoms with Gasteiger partial charge in [-0.25, -0.2) is 0 Å². The van der Waals surface area contributed by atoms with Crippen molar-refractivity contribution in [1.82, 2.24) is 10.6 Å². The van der Waals surface area contributed by atoms with Gasteiger partial charge in [-0.3, -0.25) is 15.1 Å². The highest BCUT2D eigenvalue weighted by molar-refractivity contribution is 9.10. The lowest BCUT2D eigenvalue weighted by molar-refractivity contribution is -0.120. The van der Waals surface area contributed by atoms with Gasteiger partial charge in [0.05, 0.1) is 17.7 Å². The number of carbonyl (C=O) groups is 1. The number of halogens is 1. The van der Waals surface area contributed by atoms with Crippen LogP contribution in [-0.4, -0.2) is 32.1 Å². The zero-order chi connectivity index (χ0) is 14.1. The number of aliphatic imine (C=N–C) groups is 1. The SMILES string of the molecule is CN=C1NC(=O)C(c2cc(Br)c3c(c2)OCCCO3)N1. The summed E-state index contributed by atoms with van der Waals surface area (Å²) in [6.07, 6.45) is 0.839. The van der Waals surface area contributed by atoms with E-state index in [1.807, 2.05) is 12.1 Å². The van der Waals surface area contributed by atoms with Crippen molar-refractivity contribution in [3.63, 3.8) is 0 Å². The van der Waals surface area contributed by atoms with Crippen molar-refractivity contribution in [2.75, 3.05) is 20.3 Å². The van der Waals surface area contributed by atoms with E-state index < -0.39 is 6.04 Å². The van der Waals surface area contributed by atoms with Gasteiger partial charge in [0, 0.05) is 13.5 Å². The summed E-state index contributed by atoms with van der Waals surface area (Å²) in [5.41, 5.74) is 0.803. The molecule has 2 N–H and O–H groups in total. The first-order valence-electron chi connectivity index (χ1n) is 6.32. The smallest absolute Gasteiger partial charge is 0.253 e. The molecule has 1 amide bonds. The first-order chi connectivity index (χ1) is 9.69. The molecule has 2 aliphatic rings. The Balaban J connectivity index is 1.97. The van der Waals surface area contributed by atoms with E-state index in [1.54, 1.807) is 7.05 Å². The molecule has 1 aromatic carbocycles. The second-order valence-corrected chi connectivity index (χ2v) is 5.37. The summed E-state index contributed by atoms with van der Waals surface area (Å²) in [6.45, 7) is 1.23. The van der Waals surface area contributed by atoms with Crippen molar-refractivity contribution in [3.8, 4) is 11.5 Å². The molecule has 1 saturated heterocycles. The predicted molar refractivity (Wildman–Crippen MR) is 77.1 cm³/mol. The van der Waals surface area contributed by atoms with Gasteiger partial charge < -0.3 is 14.8 Å². The number of ether oxygens (including phenoxy) is 2. The monoisotopic (exact) mass is 339 g/mol. The molecule has 0 saturated carbocycles. The van der Waals surface area contributed by atoms with Crippen molar-refractivity contribution < 1.29 is 14.3 Å². The Labute approximate surface area is 124 Å². The van der Waals surface area contributed by atoms with E-state index >= 15 is 0 Å². The summed E-state index contributed by atoms with van der Waals surface area (Å²) in [6, 6.07) is 3.23. The zero-order valence-corrected chi connectivity index (χ0v) is 12.5. The molecule has 20 heavy (non-hydrogen) atoms. The largest absolute Gasteiger partial charge is 0.490 e. The molecule has 1 aromatic rings. The quantitative estimate of drug-likeness (QED) is 0.810. The minimum Gasteiger partial charge on any atom is -0.490 e. The van der Waals surface area contributed by atoms with Gasteiger partial charge in [-0.05, 0) is 33.6 Å². The minimum absolute atomic E-state index is 0.132. The molecule has 0 aliphatic carbocycles. The Morgan fingerprint density at radius 2 is 2.15 bits per heavy atom. The molecule has 2 heterocycles. The van der Waals surface area contributed by atoms with Gasteiger partial charge in [-0.2, -0.15) is 0 Å². The third-order valence-electron chi connectivity index (χ3n) is 3.17. The highest BCUT2D eigenvalue weighted by Gasteiger charge is 2.31. The fraction of sp³-hybridized carbons (Fsp3) is 0.385. The lowest BCUT2D eigenvalue weighted by Crippen LogP contribution is -2.24. The molecule has 6 nitrogen and oxygen atoms in total. The average molecular weight is 340 g/mol. The van der Waals surface area contributed by atoms with Crippen molar-refractivity contribution in [3.05, 3.63) is 22.2 Å². The lowest BCUT2D eigenvalue weighted by Gasteiger charge is -2.14. The van der Waals surface area contributed by atoms with Crippen LogP contribution >= 0.6 is 15.9 Å². The number of nitrogens with one attached hydrogen (secondary N) is 2. The van der Waals surface area contributed by atoms with Crippen molar-refractivity contribution in [1.29, 1.82) is 0 Å². The van der Waals surface area contributed by atoms with E-state index in [0.717, 1.165) is 16.5 Å². The van der Waals surface area contributed by atoms with Crippen LogP contribution in [-0.2, 0) is 4.79 Å². The summed E-state index contributed by atoms with van der Waals surface area (Å²) in [4.78, 5) is 15.9. The van der Waals surface area contributed by atoms with Crippen molar-refractivity contribution in [2.45, 2.75) is 12.5 Å². The number of nitrogens with zero attached hydrogens (tertiary/aromatic N) is 1. The number of guanidine groups is 1. The Morgan fingerprint density at radius 3 is 2.90 bits per heavy atom. The maximum absolute atomic E-state index is 11.9. The minimum atomic E-state index is -0.470. The highest BCUT2D eigenvalue weighted by Crippen LogP contribution is 2.39. The Kier molecular flexibility index (Phi) is 3.52. The van der Waals surface area contributed by atoms with Gasteiger partial charge in [-0.1, -0.05) is 0 Å². The summed E-state index contributed by atoms with van der Waals surface area (Å²) in [5.74, 6) is 1.69. The number of amides is 1. The van der Waals surface area contributed by atoms with Crippen LogP contribution in [0.3, 0.4) is 0 Å². The second-order valence-electron chi connectivity index (χ2n) is 4.52. The standard InChI is InChI=1S/C13H14BrN3O3/c1-15-13-16-10(12(18)17-13)7-5-8(14)11-9(6-7)19-3-2-4-20-11/h5-6,10H,2-4H2,1H3,(H2,15,16,17,18). The average Bonchev–Trinajstić information content (AvgIpc) is 2.66. The lowest BCUT2D eigenvalue weighted by atomic mass is 10.1. The molecule has 1 atom stereocenters. The van der Waals surface area contributed by atoms with Crippen LogP contribution in [0.2, 0.25) is 0 Å². The molecule has 106 valence electrons. The first-order valence-corrected chi connectivity index (χ1v) is 7.11. The van der Waals surface area contributed by atoms with Crippen LogP contribution in [0.4, 0.5) is 0 Å². The maximum atomic E-state index is 11.9. The number of fused-ring (bicyclic) bond motifs is 1. The van der Waals surface area contributed by atoms with Crippen LogP contribution in [0.25, 0.3) is 0 Å². The van der Waals surface area contributed by atoms with E-state index in [-0.39, 0.29) is 5.91 Å². The summed E-state index contributed by atoms with van der Waals surface area (Å²) >= 11 is 3.47. The number of hydrogen-bond acceptors (Lipinski definition) is 4. The molecule has 0 bridgehead atoms. The number of hydrogen-bond donors (Lipinski definition) is 2. The van der Waals surface area contributed by atoms with Crippen LogP contribution in [0, 0.1) is 0 Å². The fourth-order valence-corrected chi connectivity index (χ4v) is 2.77. The summed E-state index contributed by atoms with van der Waals surface area (Å²) in [7, 11) is 1.62. The zero-order valence-electron chi connectivity index (χ0n) is 10.9. The number of carbonyl (C=O) groups excluding carboxylic acids is 1. The predicted octanol–water partition coefficient (Wildman–Crippen LogP) is 1.36. The van der Waals surface area contributed by atoms with Crippen LogP contribution in [0.5, 0.6) is 11.5 Å². The maximum Gasteiger partial charge on any atom is 0.253 e. The van der Waals surface area contributed by atoms with Gasteiger partial charge in [0.25, 0.3) is 5.91 Å². The fourth-order valence-electron chi connectivity index (χ4n) is 2.20. The molecule has 0 radical (unpaired) electrons. The molecule has 1 fully saturated rings. The van der Waals surface area contributed by atoms with Crippen molar-refractivity contribution >= 4 is 27.8 Å². The van der Waals surface area contributed by atoms with E-state index in [2.05, 4.69) is 31.6 Å². The van der Waals surface area contributed by atoms with Gasteiger partial charge >= 0.3 is 0 Å². The topological polar surface area (TPSA) is 72.0 Å². The summed E-state index contributed by atoms with van der Waals surface area (Å²) in [5, 5.41) is 5.71. The van der Waals surface area contributed by atoms with E-state index in [0.29, 0.717) is 30.7 Å². The Bertz CT molecular complexity index is 588. The molecular weight excluding hydrogens is 326 g/mol. The summed E-state index contributed by atoms with van der Waals surface area (Å²) < 4.78 is 12.1. The number of benzene rings is 1. The first kappa shape index (κ1) is 13.2. The van der Waals surface area contributed by atoms with Crippen LogP contribution < -0.4 is 20.1 Å². The Hall–Kier alpha value is -1.76. The third kappa shape index (κ3) is 2.33. The van der Waals surface area contributed by atoms with Gasteiger partial charge in [0.15, 0.2) is 17.5 Å². The van der Waals surface area contributed by atoms with Crippen LogP contribution in [0.15, 0.2) is 21.6 Å². The van der Waals surface area contributed by atoms with E-state index in [9.17, 15) is 4.79 Å². The molecule has 1 unspecified atom stereocenters. The molecule has 0 aromatic heterocycles. The second kappa shape index (κ2) is 5.32. The molecule has 2 aliphatic heterocycles. The van der Waals surface area contributed by atoms with Crippen molar-refractivity contribution in [2.24, 2.45) is 4.99 Å². The molecule has 3 rings (SSSR count). The molecular formula is C13H14BrN3O3. The molecule has 0 spiro atoms. The normalized spacial score (nSPS) is 23.2. The third-order valence-corrected chi connectivity index (χ3v) is 3.76. The van der Waals surface area contributed by atoms with E-state index in [1.165, 1.54) is 0 Å². The Morgan fingerprint density at radius 1 is 1.35 bits per heavy atom. The molecule has 7 heteroatoms. The number of rotatable bonds is 1. The van der Waals surface area contributed by atoms with Gasteiger partial charge in [-0.15, -0.1) is 0 Å². The van der Waals surface area contributed by atoms with E-state index in [4.69, 9.17) is 9.47 Å². The van der Waals surface area contributed by atoms with Crippen LogP contribution in [0.1, 0.15) is 18.0 Å². The van der Waals surface area contributed by atoms with Gasteiger partial charge in [0.2, 0.25) is 0 Å². The highest BCUT2D eigenvalue weighted by atomic mass is 79.9.